The van der Waals surface area contributed by atoms with Gasteiger partial charge in [-0.1, -0.05) is 29.3 Å². The van der Waals surface area contributed by atoms with Crippen molar-refractivity contribution < 1.29 is 8.42 Å². The Labute approximate surface area is 131 Å². The van der Waals surface area contributed by atoms with Crippen molar-refractivity contribution in [2.75, 3.05) is 0 Å². The van der Waals surface area contributed by atoms with E-state index in [-0.39, 0.29) is 11.4 Å². The van der Waals surface area contributed by atoms with Gasteiger partial charge in [0.1, 0.15) is 4.90 Å². The second-order valence-corrected chi connectivity index (χ2v) is 7.61. The van der Waals surface area contributed by atoms with Crippen molar-refractivity contribution in [3.05, 3.63) is 45.2 Å². The van der Waals surface area contributed by atoms with Crippen LogP contribution in [-0.4, -0.2) is 18.2 Å². The molecule has 1 heterocycles. The van der Waals surface area contributed by atoms with Crippen molar-refractivity contribution in [3.8, 4) is 0 Å². The van der Waals surface area contributed by atoms with Crippen LogP contribution >= 0.6 is 33.9 Å². The highest BCUT2D eigenvalue weighted by atomic mass is 35.7. The first-order valence-corrected chi connectivity index (χ1v) is 8.70. The fraction of sp³-hybridized carbons (Fsp3) is 0.250. The highest BCUT2D eigenvalue weighted by Gasteiger charge is 2.23. The molecular formula is C12H11Cl3N2O2S. The molecule has 0 saturated carbocycles. The van der Waals surface area contributed by atoms with Gasteiger partial charge in [0.05, 0.1) is 17.9 Å². The first kappa shape index (κ1) is 15.6. The smallest absolute Gasteiger partial charge is 0.264 e. The third kappa shape index (κ3) is 2.96. The standard InChI is InChI=1S/C12H11Cl3N2O2S/c1-7-12(20(15,18)19)8(2)17(16-7)6-9-10(13)4-3-5-11(9)14/h3-5H,6H2,1-2H3. The van der Waals surface area contributed by atoms with Crippen LogP contribution in [0.3, 0.4) is 0 Å². The summed E-state index contributed by atoms with van der Waals surface area (Å²) in [5, 5.41) is 5.19. The van der Waals surface area contributed by atoms with Gasteiger partial charge in [-0.25, -0.2) is 8.42 Å². The average molecular weight is 354 g/mol. The third-order valence-corrected chi connectivity index (χ3v) is 5.18. The Balaban J connectivity index is 2.52. The van der Waals surface area contributed by atoms with E-state index in [1.54, 1.807) is 32.0 Å². The molecule has 0 aliphatic carbocycles. The van der Waals surface area contributed by atoms with Crippen LogP contribution in [0.5, 0.6) is 0 Å². The Bertz CT molecular complexity index is 749. The van der Waals surface area contributed by atoms with Crippen LogP contribution in [0.25, 0.3) is 0 Å². The molecule has 0 saturated heterocycles. The van der Waals surface area contributed by atoms with Crippen molar-refractivity contribution in [2.45, 2.75) is 25.3 Å². The number of rotatable bonds is 3. The Kier molecular flexibility index (Phi) is 4.35. The number of nitrogens with zero attached hydrogens (tertiary/aromatic N) is 2. The van der Waals surface area contributed by atoms with E-state index >= 15 is 0 Å². The molecule has 0 bridgehead atoms. The predicted octanol–water partition coefficient (Wildman–Crippen LogP) is 3.78. The number of hydrogen-bond acceptors (Lipinski definition) is 3. The summed E-state index contributed by atoms with van der Waals surface area (Å²) in [7, 11) is 1.58. The molecule has 2 rings (SSSR count). The maximum Gasteiger partial charge on any atom is 0.264 e. The minimum Gasteiger partial charge on any atom is -0.264 e. The minimum atomic E-state index is -3.83. The number of aryl methyl sites for hydroxylation is 1. The van der Waals surface area contributed by atoms with E-state index in [0.29, 0.717) is 27.0 Å². The molecule has 0 fully saturated rings. The zero-order valence-electron chi connectivity index (χ0n) is 10.7. The first-order chi connectivity index (χ1) is 9.21. The van der Waals surface area contributed by atoms with E-state index in [2.05, 4.69) is 5.10 Å². The van der Waals surface area contributed by atoms with Gasteiger partial charge in [0.15, 0.2) is 0 Å². The van der Waals surface area contributed by atoms with Gasteiger partial charge in [-0.15, -0.1) is 0 Å². The second-order valence-electron chi connectivity index (χ2n) is 4.30. The molecule has 0 N–H and O–H groups in total. The van der Waals surface area contributed by atoms with E-state index in [1.165, 1.54) is 4.68 Å². The average Bonchev–Trinajstić information content (AvgIpc) is 2.58. The summed E-state index contributed by atoms with van der Waals surface area (Å²) in [4.78, 5) is 0.0299. The van der Waals surface area contributed by atoms with Crippen molar-refractivity contribution in [3.63, 3.8) is 0 Å². The Hall–Kier alpha value is -0.750. The highest BCUT2D eigenvalue weighted by Crippen LogP contribution is 2.28. The van der Waals surface area contributed by atoms with Gasteiger partial charge in [0, 0.05) is 26.3 Å². The molecule has 8 heteroatoms. The molecule has 1 aromatic carbocycles. The third-order valence-electron chi connectivity index (χ3n) is 2.93. The second kappa shape index (κ2) is 5.56. The van der Waals surface area contributed by atoms with Gasteiger partial charge in [-0.2, -0.15) is 5.10 Å². The van der Waals surface area contributed by atoms with E-state index in [4.69, 9.17) is 33.9 Å². The lowest BCUT2D eigenvalue weighted by molar-refractivity contribution is 0.607. The largest absolute Gasteiger partial charge is 0.264 e. The Morgan fingerprint density at radius 1 is 1.20 bits per heavy atom. The maximum absolute atomic E-state index is 11.5. The minimum absolute atomic E-state index is 0.0299. The van der Waals surface area contributed by atoms with Gasteiger partial charge in [0.2, 0.25) is 0 Å². The summed E-state index contributed by atoms with van der Waals surface area (Å²) in [6.07, 6.45) is 0. The molecule has 108 valence electrons. The summed E-state index contributed by atoms with van der Waals surface area (Å²) in [5.41, 5.74) is 1.48. The quantitative estimate of drug-likeness (QED) is 0.789. The lowest BCUT2D eigenvalue weighted by Gasteiger charge is -2.08. The summed E-state index contributed by atoms with van der Waals surface area (Å²) >= 11 is 12.2. The van der Waals surface area contributed by atoms with Crippen LogP contribution in [0.4, 0.5) is 0 Å². The molecule has 4 nitrogen and oxygen atoms in total. The van der Waals surface area contributed by atoms with Crippen LogP contribution in [0.15, 0.2) is 23.1 Å². The first-order valence-electron chi connectivity index (χ1n) is 5.63. The zero-order valence-corrected chi connectivity index (χ0v) is 13.8. The fourth-order valence-corrected chi connectivity index (χ4v) is 4.06. The molecule has 0 radical (unpaired) electrons. The molecule has 20 heavy (non-hydrogen) atoms. The van der Waals surface area contributed by atoms with Crippen molar-refractivity contribution >= 4 is 42.9 Å². The molecule has 1 aromatic heterocycles. The van der Waals surface area contributed by atoms with Gasteiger partial charge < -0.3 is 0 Å². The van der Waals surface area contributed by atoms with Crippen LogP contribution in [-0.2, 0) is 15.6 Å². The van der Waals surface area contributed by atoms with Crippen LogP contribution < -0.4 is 0 Å². The van der Waals surface area contributed by atoms with E-state index < -0.39 is 9.05 Å². The van der Waals surface area contributed by atoms with Gasteiger partial charge in [-0.3, -0.25) is 4.68 Å². The maximum atomic E-state index is 11.5. The fourth-order valence-electron chi connectivity index (χ4n) is 2.02. The molecule has 0 aliphatic heterocycles. The van der Waals surface area contributed by atoms with Crippen molar-refractivity contribution in [1.29, 1.82) is 0 Å². The Morgan fingerprint density at radius 2 is 1.75 bits per heavy atom. The van der Waals surface area contributed by atoms with Gasteiger partial charge >= 0.3 is 0 Å². The summed E-state index contributed by atoms with van der Waals surface area (Å²) in [6.45, 7) is 3.50. The highest BCUT2D eigenvalue weighted by molar-refractivity contribution is 8.13. The summed E-state index contributed by atoms with van der Waals surface area (Å²) < 4.78 is 24.6. The summed E-state index contributed by atoms with van der Waals surface area (Å²) in [6, 6.07) is 5.17. The Morgan fingerprint density at radius 3 is 2.20 bits per heavy atom. The topological polar surface area (TPSA) is 52.0 Å². The van der Waals surface area contributed by atoms with Gasteiger partial charge in [0.25, 0.3) is 9.05 Å². The number of aromatic nitrogens is 2. The van der Waals surface area contributed by atoms with Crippen LogP contribution in [0.1, 0.15) is 17.0 Å². The number of benzene rings is 1. The lowest BCUT2D eigenvalue weighted by atomic mass is 10.2. The van der Waals surface area contributed by atoms with E-state index in [1.807, 2.05) is 0 Å². The molecule has 0 unspecified atom stereocenters. The molecule has 0 amide bonds. The monoisotopic (exact) mass is 352 g/mol. The predicted molar refractivity (Wildman–Crippen MR) is 80.3 cm³/mol. The van der Waals surface area contributed by atoms with Crippen LogP contribution in [0.2, 0.25) is 10.0 Å². The van der Waals surface area contributed by atoms with Crippen LogP contribution in [0, 0.1) is 13.8 Å². The SMILES string of the molecule is Cc1nn(Cc2c(Cl)cccc2Cl)c(C)c1S(=O)(=O)Cl. The van der Waals surface area contributed by atoms with Crippen molar-refractivity contribution in [1.82, 2.24) is 9.78 Å². The lowest BCUT2D eigenvalue weighted by Crippen LogP contribution is -2.06. The molecule has 0 aliphatic rings. The van der Waals surface area contributed by atoms with Gasteiger partial charge in [-0.05, 0) is 26.0 Å². The zero-order chi connectivity index (χ0) is 15.1. The number of hydrogen-bond donors (Lipinski definition) is 0. The molecular weight excluding hydrogens is 343 g/mol. The van der Waals surface area contributed by atoms with E-state index in [9.17, 15) is 8.42 Å². The summed E-state index contributed by atoms with van der Waals surface area (Å²) in [5.74, 6) is 0. The number of halogens is 3. The normalized spacial score (nSPS) is 11.8. The molecule has 0 atom stereocenters. The van der Waals surface area contributed by atoms with Crippen molar-refractivity contribution in [2.24, 2.45) is 0 Å². The van der Waals surface area contributed by atoms with E-state index in [0.717, 1.165) is 0 Å². The molecule has 2 aromatic rings. The molecule has 0 spiro atoms.